The quantitative estimate of drug-likeness (QED) is 0.666. The van der Waals surface area contributed by atoms with Crippen LogP contribution >= 0.6 is 0 Å². The minimum Gasteiger partial charge on any atom is -0.468 e. The predicted octanol–water partition coefficient (Wildman–Crippen LogP) is 0.736. The summed E-state index contributed by atoms with van der Waals surface area (Å²) < 4.78 is 10.2. The molecule has 1 saturated carbocycles. The van der Waals surface area contributed by atoms with Gasteiger partial charge in [0.25, 0.3) is 0 Å². The number of morpholine rings is 1. The summed E-state index contributed by atoms with van der Waals surface area (Å²) >= 11 is 0. The van der Waals surface area contributed by atoms with Crippen molar-refractivity contribution in [2.24, 2.45) is 0 Å². The van der Waals surface area contributed by atoms with Gasteiger partial charge in [-0.25, -0.2) is 0 Å². The zero-order valence-electron chi connectivity index (χ0n) is 12.0. The molecule has 19 heavy (non-hydrogen) atoms. The molecule has 0 amide bonds. The molecule has 1 saturated heterocycles. The van der Waals surface area contributed by atoms with Gasteiger partial charge in [-0.15, -0.1) is 0 Å². The van der Waals surface area contributed by atoms with Crippen LogP contribution in [0.4, 0.5) is 0 Å². The molecule has 2 aliphatic rings. The van der Waals surface area contributed by atoms with E-state index in [1.54, 1.807) is 0 Å². The van der Waals surface area contributed by atoms with Crippen LogP contribution < -0.4 is 0 Å². The fourth-order valence-electron chi connectivity index (χ4n) is 2.99. The van der Waals surface area contributed by atoms with Crippen molar-refractivity contribution in [1.29, 1.82) is 0 Å². The fraction of sp³-hybridized carbons (Fsp3) is 0.929. The highest BCUT2D eigenvalue weighted by Crippen LogP contribution is 2.23. The first-order chi connectivity index (χ1) is 9.29. The van der Waals surface area contributed by atoms with Gasteiger partial charge in [0.2, 0.25) is 0 Å². The lowest BCUT2D eigenvalue weighted by molar-refractivity contribution is -0.142. The lowest BCUT2D eigenvalue weighted by Gasteiger charge is -2.32. The van der Waals surface area contributed by atoms with Gasteiger partial charge in [-0.05, 0) is 12.8 Å². The summed E-state index contributed by atoms with van der Waals surface area (Å²) in [5.74, 6) is -0.117. The van der Waals surface area contributed by atoms with E-state index in [-0.39, 0.29) is 5.97 Å². The topological polar surface area (TPSA) is 42.0 Å². The number of carbonyl (C=O) groups is 1. The van der Waals surface area contributed by atoms with Crippen LogP contribution in [0, 0.1) is 0 Å². The minimum atomic E-state index is -0.117. The summed E-state index contributed by atoms with van der Waals surface area (Å²) in [6, 6.07) is 0.570. The molecule has 0 radical (unpaired) electrons. The van der Waals surface area contributed by atoms with Gasteiger partial charge in [0, 0.05) is 32.2 Å². The van der Waals surface area contributed by atoms with Gasteiger partial charge in [-0.2, -0.15) is 0 Å². The van der Waals surface area contributed by atoms with Crippen LogP contribution in [0.25, 0.3) is 0 Å². The molecule has 0 unspecified atom stereocenters. The molecular formula is C14H26N2O3. The van der Waals surface area contributed by atoms with Crippen LogP contribution in [0.1, 0.15) is 25.7 Å². The molecule has 0 spiro atoms. The van der Waals surface area contributed by atoms with Gasteiger partial charge in [-0.1, -0.05) is 12.8 Å². The second kappa shape index (κ2) is 7.82. The first-order valence-electron chi connectivity index (χ1n) is 7.40. The zero-order chi connectivity index (χ0) is 13.5. The highest BCUT2D eigenvalue weighted by atomic mass is 16.5. The second-order valence-electron chi connectivity index (χ2n) is 5.44. The molecule has 0 aromatic rings. The van der Waals surface area contributed by atoms with E-state index in [9.17, 15) is 4.79 Å². The van der Waals surface area contributed by atoms with E-state index in [4.69, 9.17) is 9.47 Å². The lowest BCUT2D eigenvalue weighted by Crippen LogP contribution is -2.45. The molecule has 110 valence electrons. The standard InChI is InChI=1S/C14H26N2O3/c1-18-14(17)12-16(13-4-2-3-5-13)7-6-15-8-10-19-11-9-15/h13H,2-12H2,1H3. The van der Waals surface area contributed by atoms with Gasteiger partial charge in [0.05, 0.1) is 26.9 Å². The first-order valence-corrected chi connectivity index (χ1v) is 7.40. The van der Waals surface area contributed by atoms with Crippen molar-refractivity contribution in [2.75, 3.05) is 53.0 Å². The third kappa shape index (κ3) is 4.75. The molecule has 0 N–H and O–H groups in total. The Kier molecular flexibility index (Phi) is 6.07. The number of nitrogens with zero attached hydrogens (tertiary/aromatic N) is 2. The minimum absolute atomic E-state index is 0.117. The highest BCUT2D eigenvalue weighted by Gasteiger charge is 2.25. The molecule has 2 rings (SSSR count). The molecule has 1 heterocycles. The van der Waals surface area contributed by atoms with Crippen molar-refractivity contribution in [3.05, 3.63) is 0 Å². The monoisotopic (exact) mass is 270 g/mol. The summed E-state index contributed by atoms with van der Waals surface area (Å²) in [4.78, 5) is 16.3. The summed E-state index contributed by atoms with van der Waals surface area (Å²) in [6.45, 7) is 6.11. The van der Waals surface area contributed by atoms with E-state index >= 15 is 0 Å². The fourth-order valence-corrected chi connectivity index (χ4v) is 2.99. The largest absolute Gasteiger partial charge is 0.468 e. The van der Waals surface area contributed by atoms with E-state index in [0.717, 1.165) is 39.4 Å². The third-order valence-electron chi connectivity index (χ3n) is 4.21. The molecule has 2 fully saturated rings. The zero-order valence-corrected chi connectivity index (χ0v) is 12.0. The third-order valence-corrected chi connectivity index (χ3v) is 4.21. The maximum atomic E-state index is 11.5. The van der Waals surface area contributed by atoms with Crippen molar-refractivity contribution in [2.45, 2.75) is 31.7 Å². The Morgan fingerprint density at radius 3 is 2.63 bits per heavy atom. The molecular weight excluding hydrogens is 244 g/mol. The van der Waals surface area contributed by atoms with Crippen LogP contribution in [-0.2, 0) is 14.3 Å². The average molecular weight is 270 g/mol. The van der Waals surface area contributed by atoms with Gasteiger partial charge in [-0.3, -0.25) is 14.6 Å². The summed E-state index contributed by atoms with van der Waals surface area (Å²) in [6.07, 6.45) is 5.03. The first kappa shape index (κ1) is 14.8. The number of hydrogen-bond acceptors (Lipinski definition) is 5. The van der Waals surface area contributed by atoms with Crippen molar-refractivity contribution >= 4 is 5.97 Å². The Morgan fingerprint density at radius 1 is 1.32 bits per heavy atom. The van der Waals surface area contributed by atoms with Gasteiger partial charge >= 0.3 is 5.97 Å². The number of methoxy groups -OCH3 is 1. The SMILES string of the molecule is COC(=O)CN(CCN1CCOCC1)C1CCCC1. The molecule has 0 aromatic heterocycles. The Morgan fingerprint density at radius 2 is 2.00 bits per heavy atom. The lowest BCUT2D eigenvalue weighted by atomic mass is 10.2. The summed E-state index contributed by atoms with van der Waals surface area (Å²) in [7, 11) is 1.47. The number of hydrogen-bond donors (Lipinski definition) is 0. The molecule has 5 nitrogen and oxygen atoms in total. The molecule has 5 heteroatoms. The van der Waals surface area contributed by atoms with E-state index in [1.807, 2.05) is 0 Å². The Bertz CT molecular complexity index is 274. The van der Waals surface area contributed by atoms with E-state index in [1.165, 1.54) is 32.8 Å². The second-order valence-corrected chi connectivity index (χ2v) is 5.44. The smallest absolute Gasteiger partial charge is 0.319 e. The van der Waals surface area contributed by atoms with Crippen molar-refractivity contribution < 1.29 is 14.3 Å². The van der Waals surface area contributed by atoms with Crippen LogP contribution in [-0.4, -0.2) is 74.9 Å². The maximum absolute atomic E-state index is 11.5. The van der Waals surface area contributed by atoms with Crippen LogP contribution in [0.15, 0.2) is 0 Å². The summed E-state index contributed by atoms with van der Waals surface area (Å²) in [5, 5.41) is 0. The van der Waals surface area contributed by atoms with Crippen molar-refractivity contribution in [1.82, 2.24) is 9.80 Å². The molecule has 0 atom stereocenters. The number of rotatable bonds is 6. The van der Waals surface area contributed by atoms with Gasteiger partial charge in [0.1, 0.15) is 0 Å². The molecule has 0 bridgehead atoms. The Labute approximate surface area is 115 Å². The molecule has 0 aromatic carbocycles. The van der Waals surface area contributed by atoms with Crippen LogP contribution in [0.5, 0.6) is 0 Å². The van der Waals surface area contributed by atoms with E-state index in [2.05, 4.69) is 9.80 Å². The number of carbonyl (C=O) groups excluding carboxylic acids is 1. The van der Waals surface area contributed by atoms with Gasteiger partial charge < -0.3 is 9.47 Å². The molecule has 1 aliphatic carbocycles. The van der Waals surface area contributed by atoms with E-state index in [0.29, 0.717) is 12.6 Å². The van der Waals surface area contributed by atoms with Crippen molar-refractivity contribution in [3.8, 4) is 0 Å². The Hall–Kier alpha value is -0.650. The van der Waals surface area contributed by atoms with Crippen LogP contribution in [0.3, 0.4) is 0 Å². The molecule has 1 aliphatic heterocycles. The maximum Gasteiger partial charge on any atom is 0.319 e. The van der Waals surface area contributed by atoms with Crippen molar-refractivity contribution in [3.63, 3.8) is 0 Å². The van der Waals surface area contributed by atoms with E-state index < -0.39 is 0 Å². The Balaban J connectivity index is 1.79. The number of esters is 1. The van der Waals surface area contributed by atoms with Crippen LogP contribution in [0.2, 0.25) is 0 Å². The average Bonchev–Trinajstić information content (AvgIpc) is 2.98. The summed E-state index contributed by atoms with van der Waals surface area (Å²) in [5.41, 5.74) is 0. The van der Waals surface area contributed by atoms with Gasteiger partial charge in [0.15, 0.2) is 0 Å². The number of ether oxygens (including phenoxy) is 2. The predicted molar refractivity (Wildman–Crippen MR) is 73.1 cm³/mol. The normalized spacial score (nSPS) is 22.0. The highest BCUT2D eigenvalue weighted by molar-refractivity contribution is 5.71.